The fourth-order valence-electron chi connectivity index (χ4n) is 4.50. The molecule has 1 aliphatic rings. The zero-order valence-corrected chi connectivity index (χ0v) is 18.2. The third-order valence-electron chi connectivity index (χ3n) is 6.21. The Balaban J connectivity index is 1.46. The van der Waals surface area contributed by atoms with Gasteiger partial charge in [-0.25, -0.2) is 0 Å². The number of H-pyrrole nitrogens is 1. The number of aromatic amines is 1. The van der Waals surface area contributed by atoms with Gasteiger partial charge >= 0.3 is 0 Å². The van der Waals surface area contributed by atoms with Gasteiger partial charge in [-0.2, -0.15) is 0 Å². The molecule has 3 heterocycles. The summed E-state index contributed by atoms with van der Waals surface area (Å²) in [5, 5.41) is 10.9. The van der Waals surface area contributed by atoms with Crippen molar-refractivity contribution in [1.29, 1.82) is 0 Å². The van der Waals surface area contributed by atoms with Crippen LogP contribution in [0.2, 0.25) is 0 Å². The van der Waals surface area contributed by atoms with Gasteiger partial charge in [-0.15, -0.1) is 0 Å². The molecule has 0 amide bonds. The number of hydrogen-bond acceptors (Lipinski definition) is 5. The van der Waals surface area contributed by atoms with Crippen molar-refractivity contribution in [3.63, 3.8) is 0 Å². The number of aliphatic hydroxyl groups excluding tert-OH is 1. The summed E-state index contributed by atoms with van der Waals surface area (Å²) in [5.74, 6) is 0.887. The minimum absolute atomic E-state index is 0.210. The van der Waals surface area contributed by atoms with Crippen LogP contribution in [0.3, 0.4) is 0 Å². The standard InChI is InChI=1S/C24H32N4O2/c1-17-5-4-6-19(25-17)14-28-11-10-27(15-20(28)9-12-29)16-24-18(2)22-13-21(30-3)7-8-23(22)26-24/h4-8,13,20,26,29H,9-12,14-16H2,1-3H3/t20-/m1/s1. The first-order valence-corrected chi connectivity index (χ1v) is 10.7. The summed E-state index contributed by atoms with van der Waals surface area (Å²) < 4.78 is 5.39. The predicted molar refractivity (Wildman–Crippen MR) is 120 cm³/mol. The summed E-state index contributed by atoms with van der Waals surface area (Å²) in [6.45, 7) is 9.08. The van der Waals surface area contributed by atoms with Crippen LogP contribution in [0.4, 0.5) is 0 Å². The SMILES string of the molecule is COc1ccc2[nH]c(CN3CCN(Cc4cccc(C)n4)[C@H](CCO)C3)c(C)c2c1. The van der Waals surface area contributed by atoms with Gasteiger partial charge < -0.3 is 14.8 Å². The van der Waals surface area contributed by atoms with Crippen molar-refractivity contribution in [3.05, 3.63) is 59.0 Å². The molecule has 1 atom stereocenters. The van der Waals surface area contributed by atoms with Gasteiger partial charge in [0.05, 0.1) is 12.8 Å². The minimum atomic E-state index is 0.210. The molecular formula is C24H32N4O2. The highest BCUT2D eigenvalue weighted by atomic mass is 16.5. The second kappa shape index (κ2) is 9.16. The Morgan fingerprint density at radius 1 is 1.17 bits per heavy atom. The third-order valence-corrected chi connectivity index (χ3v) is 6.21. The summed E-state index contributed by atoms with van der Waals surface area (Å²) in [7, 11) is 1.71. The minimum Gasteiger partial charge on any atom is -0.497 e. The quantitative estimate of drug-likeness (QED) is 0.628. The molecule has 0 bridgehead atoms. The van der Waals surface area contributed by atoms with E-state index >= 15 is 0 Å². The number of aryl methyl sites for hydroxylation is 2. The fourth-order valence-corrected chi connectivity index (χ4v) is 4.50. The molecule has 2 aromatic heterocycles. The molecular weight excluding hydrogens is 376 g/mol. The lowest BCUT2D eigenvalue weighted by molar-refractivity contribution is 0.0486. The van der Waals surface area contributed by atoms with Crippen molar-refractivity contribution in [2.45, 2.75) is 39.4 Å². The highest BCUT2D eigenvalue weighted by Crippen LogP contribution is 2.27. The van der Waals surface area contributed by atoms with E-state index < -0.39 is 0 Å². The van der Waals surface area contributed by atoms with Gasteiger partial charge in [0, 0.05) is 67.7 Å². The van der Waals surface area contributed by atoms with Crippen LogP contribution < -0.4 is 4.74 Å². The van der Waals surface area contributed by atoms with Gasteiger partial charge in [0.2, 0.25) is 0 Å². The first kappa shape index (κ1) is 20.8. The van der Waals surface area contributed by atoms with Gasteiger partial charge in [-0.1, -0.05) is 6.07 Å². The van der Waals surface area contributed by atoms with Crippen LogP contribution in [0.1, 0.15) is 29.1 Å². The average Bonchev–Trinajstić information content (AvgIpc) is 3.05. The Morgan fingerprint density at radius 3 is 2.80 bits per heavy atom. The maximum atomic E-state index is 9.63. The number of ether oxygens (including phenoxy) is 1. The molecule has 30 heavy (non-hydrogen) atoms. The summed E-state index contributed by atoms with van der Waals surface area (Å²) in [4.78, 5) is 13.2. The Kier molecular flexibility index (Phi) is 6.37. The molecule has 4 rings (SSSR count). The van der Waals surface area contributed by atoms with Gasteiger partial charge in [-0.05, 0) is 56.2 Å². The van der Waals surface area contributed by atoms with E-state index in [9.17, 15) is 5.11 Å². The van der Waals surface area contributed by atoms with Crippen molar-refractivity contribution < 1.29 is 9.84 Å². The first-order chi connectivity index (χ1) is 14.6. The van der Waals surface area contributed by atoms with Gasteiger partial charge in [-0.3, -0.25) is 14.8 Å². The molecule has 0 aliphatic carbocycles. The van der Waals surface area contributed by atoms with E-state index in [0.29, 0.717) is 6.04 Å². The maximum Gasteiger partial charge on any atom is 0.119 e. The van der Waals surface area contributed by atoms with Crippen molar-refractivity contribution in [3.8, 4) is 5.75 Å². The average molecular weight is 409 g/mol. The number of methoxy groups -OCH3 is 1. The lowest BCUT2D eigenvalue weighted by Crippen LogP contribution is -2.52. The number of nitrogens with one attached hydrogen (secondary N) is 1. The van der Waals surface area contributed by atoms with E-state index in [4.69, 9.17) is 4.74 Å². The van der Waals surface area contributed by atoms with Crippen molar-refractivity contribution in [1.82, 2.24) is 19.8 Å². The van der Waals surface area contributed by atoms with Crippen LogP contribution >= 0.6 is 0 Å². The van der Waals surface area contributed by atoms with E-state index in [2.05, 4.69) is 51.0 Å². The zero-order chi connectivity index (χ0) is 21.1. The number of nitrogens with zero attached hydrogens (tertiary/aromatic N) is 3. The molecule has 6 heteroatoms. The number of fused-ring (bicyclic) bond motifs is 1. The van der Waals surface area contributed by atoms with E-state index in [1.54, 1.807) is 7.11 Å². The Labute approximate surface area is 178 Å². The zero-order valence-electron chi connectivity index (χ0n) is 18.2. The molecule has 1 aromatic carbocycles. The summed E-state index contributed by atoms with van der Waals surface area (Å²) in [6.07, 6.45) is 0.783. The molecule has 2 N–H and O–H groups in total. The normalized spacial score (nSPS) is 18.2. The Morgan fingerprint density at radius 2 is 2.03 bits per heavy atom. The van der Waals surface area contributed by atoms with Crippen LogP contribution in [0.25, 0.3) is 10.9 Å². The second-order valence-corrected chi connectivity index (χ2v) is 8.28. The van der Waals surface area contributed by atoms with E-state index in [1.807, 2.05) is 19.1 Å². The molecule has 160 valence electrons. The molecule has 1 aliphatic heterocycles. The number of hydrogen-bond donors (Lipinski definition) is 2. The highest BCUT2D eigenvalue weighted by Gasteiger charge is 2.27. The smallest absolute Gasteiger partial charge is 0.119 e. The van der Waals surface area contributed by atoms with Gasteiger partial charge in [0.15, 0.2) is 0 Å². The van der Waals surface area contributed by atoms with Crippen LogP contribution in [0.5, 0.6) is 5.75 Å². The predicted octanol–water partition coefficient (Wildman–Crippen LogP) is 3.26. The maximum absolute atomic E-state index is 9.63. The molecule has 6 nitrogen and oxygen atoms in total. The molecule has 1 fully saturated rings. The molecule has 0 radical (unpaired) electrons. The second-order valence-electron chi connectivity index (χ2n) is 8.28. The molecule has 1 saturated heterocycles. The monoisotopic (exact) mass is 408 g/mol. The summed E-state index contributed by atoms with van der Waals surface area (Å²) >= 11 is 0. The molecule has 0 spiro atoms. The molecule has 3 aromatic rings. The van der Waals surface area contributed by atoms with Gasteiger partial charge in [0.1, 0.15) is 5.75 Å². The Hall–Kier alpha value is -2.41. The van der Waals surface area contributed by atoms with Crippen LogP contribution in [-0.4, -0.2) is 64.3 Å². The number of rotatable bonds is 7. The first-order valence-electron chi connectivity index (χ1n) is 10.7. The largest absolute Gasteiger partial charge is 0.497 e. The summed E-state index contributed by atoms with van der Waals surface area (Å²) in [5.41, 5.74) is 5.85. The van der Waals surface area contributed by atoms with Crippen molar-refractivity contribution in [2.75, 3.05) is 33.4 Å². The van der Waals surface area contributed by atoms with Crippen LogP contribution in [0.15, 0.2) is 36.4 Å². The highest BCUT2D eigenvalue weighted by molar-refractivity contribution is 5.85. The molecule has 0 unspecified atom stereocenters. The van der Waals surface area contributed by atoms with E-state index in [1.165, 1.54) is 16.6 Å². The van der Waals surface area contributed by atoms with Crippen molar-refractivity contribution in [2.24, 2.45) is 0 Å². The molecule has 0 saturated carbocycles. The van der Waals surface area contributed by atoms with Gasteiger partial charge in [0.25, 0.3) is 0 Å². The number of aliphatic hydroxyl groups is 1. The number of pyridine rings is 1. The number of benzene rings is 1. The van der Waals surface area contributed by atoms with Crippen LogP contribution in [0, 0.1) is 13.8 Å². The van der Waals surface area contributed by atoms with E-state index in [-0.39, 0.29) is 6.61 Å². The van der Waals surface area contributed by atoms with E-state index in [0.717, 1.165) is 61.8 Å². The summed E-state index contributed by atoms with van der Waals surface area (Å²) in [6, 6.07) is 12.7. The Bertz CT molecular complexity index is 1000. The fraction of sp³-hybridized carbons (Fsp3) is 0.458. The third kappa shape index (κ3) is 4.51. The lowest BCUT2D eigenvalue weighted by Gasteiger charge is -2.41. The lowest BCUT2D eigenvalue weighted by atomic mass is 10.1. The number of piperazine rings is 1. The van der Waals surface area contributed by atoms with Crippen molar-refractivity contribution >= 4 is 10.9 Å². The van der Waals surface area contributed by atoms with Crippen LogP contribution in [-0.2, 0) is 13.1 Å². The number of aromatic nitrogens is 2. The topological polar surface area (TPSA) is 64.6 Å².